The van der Waals surface area contributed by atoms with Crippen molar-refractivity contribution < 1.29 is 4.39 Å². The molecule has 0 aromatic heterocycles. The van der Waals surface area contributed by atoms with Gasteiger partial charge in [-0.3, -0.25) is 4.90 Å². The third-order valence-corrected chi connectivity index (χ3v) is 4.40. The molecule has 2 unspecified atom stereocenters. The molecule has 104 valence electrons. The van der Waals surface area contributed by atoms with Crippen LogP contribution in [0.4, 0.5) is 4.39 Å². The Hall–Kier alpha value is -0.930. The van der Waals surface area contributed by atoms with Gasteiger partial charge >= 0.3 is 0 Å². The maximum absolute atomic E-state index is 13.0. The van der Waals surface area contributed by atoms with Crippen LogP contribution in [0.3, 0.4) is 0 Å². The lowest BCUT2D eigenvalue weighted by Crippen LogP contribution is -2.47. The van der Waals surface area contributed by atoms with Crippen LogP contribution in [0.25, 0.3) is 0 Å². The Morgan fingerprint density at radius 2 is 1.89 bits per heavy atom. The Bertz CT molecular complexity index is 413. The van der Waals surface area contributed by atoms with Gasteiger partial charge in [0.25, 0.3) is 0 Å². The smallest absolute Gasteiger partial charge is 0.123 e. The Kier molecular flexibility index (Phi) is 3.85. The highest BCUT2D eigenvalue weighted by atomic mass is 19.1. The second kappa shape index (κ2) is 5.59. The summed E-state index contributed by atoms with van der Waals surface area (Å²) in [5.41, 5.74) is 1.22. The van der Waals surface area contributed by atoms with Crippen molar-refractivity contribution in [2.45, 2.75) is 50.7 Å². The van der Waals surface area contributed by atoms with E-state index in [4.69, 9.17) is 0 Å². The van der Waals surface area contributed by atoms with Crippen molar-refractivity contribution in [3.63, 3.8) is 0 Å². The zero-order valence-electron chi connectivity index (χ0n) is 11.6. The van der Waals surface area contributed by atoms with Gasteiger partial charge < -0.3 is 5.32 Å². The highest BCUT2D eigenvalue weighted by Crippen LogP contribution is 2.26. The Morgan fingerprint density at radius 3 is 2.58 bits per heavy atom. The molecule has 0 radical (unpaired) electrons. The van der Waals surface area contributed by atoms with Crippen LogP contribution in [0, 0.1) is 5.82 Å². The first-order valence-corrected chi connectivity index (χ1v) is 7.48. The Balaban J connectivity index is 1.61. The van der Waals surface area contributed by atoms with Crippen LogP contribution in [0.5, 0.6) is 0 Å². The molecule has 0 spiro atoms. The number of hydrogen-bond acceptors (Lipinski definition) is 2. The first kappa shape index (κ1) is 13.1. The first-order chi connectivity index (χ1) is 9.22. The van der Waals surface area contributed by atoms with Crippen molar-refractivity contribution in [3.8, 4) is 0 Å². The topological polar surface area (TPSA) is 15.3 Å². The maximum Gasteiger partial charge on any atom is 0.123 e. The zero-order valence-corrected chi connectivity index (χ0v) is 11.6. The van der Waals surface area contributed by atoms with Crippen molar-refractivity contribution in [2.24, 2.45) is 0 Å². The molecule has 1 heterocycles. The van der Waals surface area contributed by atoms with Gasteiger partial charge in [0.15, 0.2) is 0 Å². The molecule has 1 aliphatic carbocycles. The van der Waals surface area contributed by atoms with Gasteiger partial charge in [-0.25, -0.2) is 4.39 Å². The van der Waals surface area contributed by atoms with Crippen molar-refractivity contribution in [1.82, 2.24) is 10.2 Å². The second-order valence-corrected chi connectivity index (χ2v) is 6.00. The molecule has 1 N–H and O–H groups in total. The molecular formula is C16H23FN2. The van der Waals surface area contributed by atoms with Crippen LogP contribution in [0.2, 0.25) is 0 Å². The van der Waals surface area contributed by atoms with Gasteiger partial charge in [0.1, 0.15) is 5.82 Å². The maximum atomic E-state index is 13.0. The van der Waals surface area contributed by atoms with Gasteiger partial charge in [-0.15, -0.1) is 0 Å². The fourth-order valence-electron chi connectivity index (χ4n) is 3.03. The normalized spacial score (nSPS) is 26.3. The van der Waals surface area contributed by atoms with Gasteiger partial charge in [-0.1, -0.05) is 12.1 Å². The number of hydrogen-bond donors (Lipinski definition) is 1. The predicted molar refractivity (Wildman–Crippen MR) is 75.6 cm³/mol. The molecule has 2 nitrogen and oxygen atoms in total. The lowest BCUT2D eigenvalue weighted by atomic mass is 10.0. The number of halogens is 1. The summed E-state index contributed by atoms with van der Waals surface area (Å²) in [4.78, 5) is 2.52. The summed E-state index contributed by atoms with van der Waals surface area (Å²) in [6.07, 6.45) is 5.26. The average Bonchev–Trinajstić information content (AvgIpc) is 3.23. The predicted octanol–water partition coefficient (Wildman–Crippen LogP) is 3.10. The Labute approximate surface area is 115 Å². The number of rotatable bonds is 4. The molecule has 2 fully saturated rings. The minimum atomic E-state index is -0.150. The van der Waals surface area contributed by atoms with Crippen LogP contribution in [0.1, 0.15) is 44.2 Å². The number of likely N-dealkylation sites (tertiary alicyclic amines) is 1. The molecule has 1 aromatic carbocycles. The summed E-state index contributed by atoms with van der Waals surface area (Å²) in [6.45, 7) is 4.50. The molecule has 0 bridgehead atoms. The monoisotopic (exact) mass is 262 g/mol. The van der Waals surface area contributed by atoms with Crippen LogP contribution in [-0.4, -0.2) is 30.1 Å². The van der Waals surface area contributed by atoms with E-state index in [0.29, 0.717) is 12.1 Å². The third kappa shape index (κ3) is 3.34. The Morgan fingerprint density at radius 1 is 1.16 bits per heavy atom. The second-order valence-electron chi connectivity index (χ2n) is 6.00. The van der Waals surface area contributed by atoms with Crippen molar-refractivity contribution >= 4 is 0 Å². The number of nitrogens with zero attached hydrogens (tertiary/aromatic N) is 1. The van der Waals surface area contributed by atoms with E-state index in [1.807, 2.05) is 12.1 Å². The molecule has 1 aliphatic heterocycles. The van der Waals surface area contributed by atoms with Gasteiger partial charge in [-0.05, 0) is 56.8 Å². The molecule has 2 aliphatic rings. The fraction of sp³-hybridized carbons (Fsp3) is 0.625. The molecule has 3 rings (SSSR count). The zero-order chi connectivity index (χ0) is 13.2. The molecule has 19 heavy (non-hydrogen) atoms. The van der Waals surface area contributed by atoms with Gasteiger partial charge in [0, 0.05) is 24.7 Å². The summed E-state index contributed by atoms with van der Waals surface area (Å²) < 4.78 is 13.0. The van der Waals surface area contributed by atoms with Crippen LogP contribution in [0.15, 0.2) is 24.3 Å². The quantitative estimate of drug-likeness (QED) is 0.897. The van der Waals surface area contributed by atoms with E-state index >= 15 is 0 Å². The first-order valence-electron chi connectivity index (χ1n) is 7.48. The SMILES string of the molecule is CC(c1ccc(F)cc1)N1CCCC(NC2CC2)C1. The van der Waals surface area contributed by atoms with Crippen LogP contribution in [-0.2, 0) is 0 Å². The molecule has 2 atom stereocenters. The van der Waals surface area contributed by atoms with E-state index in [2.05, 4.69) is 17.1 Å². The summed E-state index contributed by atoms with van der Waals surface area (Å²) in [5, 5.41) is 3.74. The van der Waals surface area contributed by atoms with Crippen molar-refractivity contribution in [2.75, 3.05) is 13.1 Å². The van der Waals surface area contributed by atoms with E-state index in [1.54, 1.807) is 12.1 Å². The number of benzene rings is 1. The summed E-state index contributed by atoms with van der Waals surface area (Å²) in [7, 11) is 0. The number of piperidine rings is 1. The molecule has 1 aromatic rings. The summed E-state index contributed by atoms with van der Waals surface area (Å²) in [5.74, 6) is -0.150. The van der Waals surface area contributed by atoms with Crippen molar-refractivity contribution in [3.05, 3.63) is 35.6 Å². The minimum Gasteiger partial charge on any atom is -0.310 e. The molecule has 3 heteroatoms. The van der Waals surface area contributed by atoms with Crippen molar-refractivity contribution in [1.29, 1.82) is 0 Å². The van der Waals surface area contributed by atoms with Gasteiger partial charge in [0.2, 0.25) is 0 Å². The van der Waals surface area contributed by atoms with E-state index in [9.17, 15) is 4.39 Å². The highest BCUT2D eigenvalue weighted by Gasteiger charge is 2.29. The molecule has 0 amide bonds. The summed E-state index contributed by atoms with van der Waals surface area (Å²) in [6, 6.07) is 8.76. The lowest BCUT2D eigenvalue weighted by Gasteiger charge is -2.37. The lowest BCUT2D eigenvalue weighted by molar-refractivity contribution is 0.145. The summed E-state index contributed by atoms with van der Waals surface area (Å²) >= 11 is 0. The van der Waals surface area contributed by atoms with E-state index in [1.165, 1.54) is 31.2 Å². The largest absolute Gasteiger partial charge is 0.310 e. The third-order valence-electron chi connectivity index (χ3n) is 4.40. The standard InChI is InChI=1S/C16H23FN2/c1-12(13-4-6-14(17)7-5-13)19-10-2-3-16(11-19)18-15-8-9-15/h4-7,12,15-16,18H,2-3,8-11H2,1H3. The average molecular weight is 262 g/mol. The van der Waals surface area contributed by atoms with Crippen LogP contribution < -0.4 is 5.32 Å². The minimum absolute atomic E-state index is 0.150. The van der Waals surface area contributed by atoms with E-state index < -0.39 is 0 Å². The number of nitrogens with one attached hydrogen (secondary N) is 1. The fourth-order valence-corrected chi connectivity index (χ4v) is 3.03. The van der Waals surface area contributed by atoms with Gasteiger partial charge in [0.05, 0.1) is 0 Å². The molecule has 1 saturated heterocycles. The molecule has 1 saturated carbocycles. The molecular weight excluding hydrogens is 239 g/mol. The van der Waals surface area contributed by atoms with Crippen LogP contribution >= 0.6 is 0 Å². The van der Waals surface area contributed by atoms with E-state index in [0.717, 1.165) is 19.1 Å². The van der Waals surface area contributed by atoms with E-state index in [-0.39, 0.29) is 5.82 Å². The highest BCUT2D eigenvalue weighted by molar-refractivity contribution is 5.19. The van der Waals surface area contributed by atoms with Gasteiger partial charge in [-0.2, -0.15) is 0 Å².